The highest BCUT2D eigenvalue weighted by molar-refractivity contribution is 6.11. The van der Waals surface area contributed by atoms with Crippen molar-refractivity contribution in [3.8, 4) is 35.7 Å². The van der Waals surface area contributed by atoms with E-state index in [0.29, 0.717) is 0 Å². The Bertz CT molecular complexity index is 2260. The van der Waals surface area contributed by atoms with Crippen LogP contribution in [0.3, 0.4) is 0 Å². The van der Waals surface area contributed by atoms with Gasteiger partial charge in [0.2, 0.25) is 0 Å². The lowest BCUT2D eigenvalue weighted by Crippen LogP contribution is -1.99. The zero-order valence-electron chi connectivity index (χ0n) is 28.6. The van der Waals surface area contributed by atoms with E-state index in [4.69, 9.17) is 9.97 Å². The lowest BCUT2D eigenvalue weighted by atomic mass is 10.1. The fourth-order valence-corrected chi connectivity index (χ4v) is 6.87. The fraction of sp³-hybridized carbons (Fsp3) is 0.286. The van der Waals surface area contributed by atoms with Crippen LogP contribution in [0.15, 0.2) is 72.1 Å². The molecule has 0 bridgehead atoms. The van der Waals surface area contributed by atoms with Crippen molar-refractivity contribution in [1.29, 1.82) is 21.0 Å². The van der Waals surface area contributed by atoms with Crippen molar-refractivity contribution in [3.63, 3.8) is 0 Å². The topological polar surface area (TPSA) is 131 Å². The Kier molecular flexibility index (Phi) is 10.3. The van der Waals surface area contributed by atoms with E-state index in [1.165, 1.54) is 25.7 Å². The quantitative estimate of drug-likeness (QED) is 0.0899. The second-order valence-electron chi connectivity index (χ2n) is 12.7. The Balaban J connectivity index is 1.51. The summed E-state index contributed by atoms with van der Waals surface area (Å²) in [7, 11) is 0. The SMILES string of the molecule is CCCCCCn1c2ccc(C=C(C#N)C#N)cc2c2cc(-c3cc4c5cc(C=C(C#N)C#N)ccc5n(CCCCCC)c4cn3)ncc21. The second-order valence-corrected chi connectivity index (χ2v) is 12.7. The lowest BCUT2D eigenvalue weighted by molar-refractivity contribution is 0.602. The highest BCUT2D eigenvalue weighted by Crippen LogP contribution is 2.36. The Morgan fingerprint density at radius 1 is 0.540 bits per heavy atom. The van der Waals surface area contributed by atoms with Gasteiger partial charge in [-0.25, -0.2) is 0 Å². The Labute approximate surface area is 292 Å². The molecule has 0 saturated heterocycles. The molecule has 4 aromatic heterocycles. The van der Waals surface area contributed by atoms with E-state index in [2.05, 4.69) is 47.2 Å². The number of allylic oxidation sites excluding steroid dienone is 2. The molecule has 0 amide bonds. The van der Waals surface area contributed by atoms with Gasteiger partial charge in [0.1, 0.15) is 35.4 Å². The van der Waals surface area contributed by atoms with E-state index < -0.39 is 0 Å². The molecule has 8 nitrogen and oxygen atoms in total. The maximum absolute atomic E-state index is 9.37. The van der Waals surface area contributed by atoms with Crippen LogP contribution >= 0.6 is 0 Å². The van der Waals surface area contributed by atoms with Crippen LogP contribution in [-0.2, 0) is 13.1 Å². The van der Waals surface area contributed by atoms with Crippen LogP contribution < -0.4 is 0 Å². The minimum atomic E-state index is 0.0622. The number of nitriles is 4. The van der Waals surface area contributed by atoms with Crippen LogP contribution in [-0.4, -0.2) is 19.1 Å². The molecule has 0 fully saturated rings. The van der Waals surface area contributed by atoms with Gasteiger partial charge in [0, 0.05) is 45.7 Å². The summed E-state index contributed by atoms with van der Waals surface area (Å²) in [6.07, 6.45) is 16.3. The Morgan fingerprint density at radius 2 is 0.940 bits per heavy atom. The Hall–Kier alpha value is -6.22. The third-order valence-corrected chi connectivity index (χ3v) is 9.39. The predicted molar refractivity (Wildman–Crippen MR) is 200 cm³/mol. The number of nitrogens with zero attached hydrogens (tertiary/aromatic N) is 8. The van der Waals surface area contributed by atoms with Gasteiger partial charge in [-0.3, -0.25) is 9.97 Å². The maximum Gasteiger partial charge on any atom is 0.130 e. The van der Waals surface area contributed by atoms with Crippen molar-refractivity contribution in [3.05, 3.63) is 83.2 Å². The van der Waals surface area contributed by atoms with E-state index in [9.17, 15) is 21.0 Å². The summed E-state index contributed by atoms with van der Waals surface area (Å²) in [5, 5.41) is 41.6. The van der Waals surface area contributed by atoms with E-state index in [1.807, 2.05) is 60.9 Å². The monoisotopic (exact) mass is 654 g/mol. The number of rotatable bonds is 13. The van der Waals surface area contributed by atoms with Crippen molar-refractivity contribution < 1.29 is 0 Å². The summed E-state index contributed by atoms with van der Waals surface area (Å²) >= 11 is 0. The van der Waals surface area contributed by atoms with Crippen LogP contribution in [0.1, 0.15) is 76.3 Å². The molecule has 0 aliphatic rings. The smallest absolute Gasteiger partial charge is 0.130 e. The van der Waals surface area contributed by atoms with Gasteiger partial charge in [-0.2, -0.15) is 21.0 Å². The molecule has 0 N–H and O–H groups in total. The van der Waals surface area contributed by atoms with E-state index in [1.54, 1.807) is 12.2 Å². The minimum Gasteiger partial charge on any atom is -0.339 e. The molecular weight excluding hydrogens is 617 g/mol. The van der Waals surface area contributed by atoms with Gasteiger partial charge in [-0.05, 0) is 72.5 Å². The molecule has 0 spiro atoms. The van der Waals surface area contributed by atoms with Gasteiger partial charge in [-0.1, -0.05) is 64.5 Å². The molecule has 8 heteroatoms. The molecule has 50 heavy (non-hydrogen) atoms. The van der Waals surface area contributed by atoms with E-state index in [0.717, 1.165) is 105 Å². The van der Waals surface area contributed by atoms with Gasteiger partial charge in [0.05, 0.1) is 34.8 Å². The highest BCUT2D eigenvalue weighted by atomic mass is 15.0. The molecule has 0 atom stereocenters. The fourth-order valence-electron chi connectivity index (χ4n) is 6.87. The number of fused-ring (bicyclic) bond motifs is 6. The van der Waals surface area contributed by atoms with Crippen molar-refractivity contribution in [1.82, 2.24) is 19.1 Å². The first-order chi connectivity index (χ1) is 24.5. The third kappa shape index (κ3) is 6.71. The van der Waals surface area contributed by atoms with Crippen molar-refractivity contribution >= 4 is 55.8 Å². The van der Waals surface area contributed by atoms with Crippen LogP contribution in [0.5, 0.6) is 0 Å². The van der Waals surface area contributed by atoms with Gasteiger partial charge < -0.3 is 9.13 Å². The normalized spacial score (nSPS) is 10.9. The molecule has 2 aromatic carbocycles. The molecule has 0 aliphatic carbocycles. The zero-order chi connectivity index (χ0) is 35.0. The average Bonchev–Trinajstić information content (AvgIpc) is 3.63. The number of aryl methyl sites for hydroxylation is 2. The Morgan fingerprint density at radius 3 is 1.32 bits per heavy atom. The number of aromatic nitrogens is 4. The molecule has 246 valence electrons. The number of benzene rings is 2. The van der Waals surface area contributed by atoms with Crippen molar-refractivity contribution in [2.24, 2.45) is 0 Å². The average molecular weight is 655 g/mol. The van der Waals surface area contributed by atoms with Gasteiger partial charge in [0.15, 0.2) is 0 Å². The minimum absolute atomic E-state index is 0.0622. The number of hydrogen-bond acceptors (Lipinski definition) is 6. The molecule has 0 aliphatic heterocycles. The van der Waals surface area contributed by atoms with Crippen molar-refractivity contribution in [2.75, 3.05) is 0 Å². The van der Waals surface area contributed by atoms with Crippen molar-refractivity contribution in [2.45, 2.75) is 78.3 Å². The summed E-state index contributed by atoms with van der Waals surface area (Å²) < 4.78 is 4.66. The van der Waals surface area contributed by atoms with Gasteiger partial charge in [0.25, 0.3) is 0 Å². The summed E-state index contributed by atoms with van der Waals surface area (Å²) in [6, 6.07) is 24.2. The summed E-state index contributed by atoms with van der Waals surface area (Å²) in [4.78, 5) is 9.90. The van der Waals surface area contributed by atoms with E-state index in [-0.39, 0.29) is 11.1 Å². The summed E-state index contributed by atoms with van der Waals surface area (Å²) in [5.41, 5.74) is 7.46. The summed E-state index contributed by atoms with van der Waals surface area (Å²) in [6.45, 7) is 6.17. The number of hydrogen-bond donors (Lipinski definition) is 0. The molecule has 6 rings (SSSR count). The third-order valence-electron chi connectivity index (χ3n) is 9.39. The van der Waals surface area contributed by atoms with Crippen LogP contribution in [0.4, 0.5) is 0 Å². The van der Waals surface area contributed by atoms with Gasteiger partial charge >= 0.3 is 0 Å². The molecule has 0 radical (unpaired) electrons. The largest absolute Gasteiger partial charge is 0.339 e. The zero-order valence-corrected chi connectivity index (χ0v) is 28.6. The molecular formula is C42H38N8. The lowest BCUT2D eigenvalue weighted by Gasteiger charge is -2.08. The summed E-state index contributed by atoms with van der Waals surface area (Å²) in [5.74, 6) is 0. The van der Waals surface area contributed by atoms with Gasteiger partial charge in [-0.15, -0.1) is 0 Å². The second kappa shape index (κ2) is 15.3. The number of unbranched alkanes of at least 4 members (excludes halogenated alkanes) is 6. The van der Waals surface area contributed by atoms with Crippen LogP contribution in [0.2, 0.25) is 0 Å². The molecule has 0 unspecified atom stereocenters. The van der Waals surface area contributed by atoms with Crippen LogP contribution in [0, 0.1) is 45.3 Å². The number of pyridine rings is 2. The maximum atomic E-state index is 9.37. The first-order valence-corrected chi connectivity index (χ1v) is 17.4. The van der Waals surface area contributed by atoms with E-state index >= 15 is 0 Å². The highest BCUT2D eigenvalue weighted by Gasteiger charge is 2.17. The first-order valence-electron chi connectivity index (χ1n) is 17.4. The van der Waals surface area contributed by atoms with Crippen LogP contribution in [0.25, 0.3) is 67.2 Å². The first kappa shape index (κ1) is 33.7. The molecule has 4 heterocycles. The standard InChI is InChI=1S/C42H38N8/c1-3-5-7-9-15-49-39-13-11-29(17-31(23-43)24-44)19-33(39)35-21-37(47-27-41(35)49)38-22-36-34-20-30(18-32(25-45)26-46)12-14-40(34)50(42(36)28-48-38)16-10-8-6-4-2/h11-14,17-22,27-28H,3-10,15-16H2,1-2H3. The predicted octanol–water partition coefficient (Wildman–Crippen LogP) is 10.4. The molecule has 0 saturated carbocycles. The molecule has 6 aromatic rings.